The Morgan fingerprint density at radius 1 is 1.13 bits per heavy atom. The number of nitrogens with one attached hydrogen (secondary N) is 1. The lowest BCUT2D eigenvalue weighted by Crippen LogP contribution is -2.69. The minimum atomic E-state index is -2.92. The number of ketones is 1. The van der Waals surface area contributed by atoms with Crippen molar-refractivity contribution in [2.45, 2.75) is 120 Å². The van der Waals surface area contributed by atoms with Crippen molar-refractivity contribution in [1.29, 1.82) is 5.41 Å². The van der Waals surface area contributed by atoms with Crippen LogP contribution in [-0.2, 0) is 47.6 Å². The standard InChI is InChI=1S/C29H43NO16/c1-7-11(2)27(38)44-13(4)29(40)12(3)43-18(8-17(29)41-6)46-23-21(33)16(10-42-14(5)31)45-25(22(23)34)28(39)9-15(32)20(30)19(24(28)35)26(36)37/h11-13,16-18,21-23,25,30,33-35,39-40H,7-10H2,1-6H3,(H,36,37)/t11-,12?,13-,16?,17?,18?,21?,22?,23?,25-,28+,29?/m0/s1. The number of methoxy groups -OCH3 is 1. The summed E-state index contributed by atoms with van der Waals surface area (Å²) in [5.74, 6) is -6.21. The first-order valence-corrected chi connectivity index (χ1v) is 14.8. The third kappa shape index (κ3) is 6.96. The summed E-state index contributed by atoms with van der Waals surface area (Å²) in [6.45, 7) is 6.81. The smallest absolute Gasteiger partial charge is 0.341 e. The van der Waals surface area contributed by atoms with Gasteiger partial charge in [0.1, 0.15) is 60.3 Å². The number of hydrogen-bond acceptors (Lipinski definition) is 16. The molecular weight excluding hydrogens is 618 g/mol. The van der Waals surface area contributed by atoms with Gasteiger partial charge in [-0.2, -0.15) is 0 Å². The molecule has 3 aliphatic rings. The topological polar surface area (TPSA) is 269 Å². The van der Waals surface area contributed by atoms with Crippen molar-refractivity contribution >= 4 is 29.4 Å². The summed E-state index contributed by atoms with van der Waals surface area (Å²) in [6.07, 6.45) is -14.8. The van der Waals surface area contributed by atoms with Gasteiger partial charge in [0.25, 0.3) is 0 Å². The maximum Gasteiger partial charge on any atom is 0.341 e. The number of hydrogen-bond donors (Lipinski definition) is 7. The summed E-state index contributed by atoms with van der Waals surface area (Å²) in [7, 11) is 1.29. The van der Waals surface area contributed by atoms with Crippen molar-refractivity contribution in [2.75, 3.05) is 13.7 Å². The first kappa shape index (κ1) is 37.4. The molecule has 0 radical (unpaired) electrons. The Morgan fingerprint density at radius 2 is 1.76 bits per heavy atom. The van der Waals surface area contributed by atoms with Gasteiger partial charge < -0.3 is 59.1 Å². The normalized spacial score (nSPS) is 38.2. The zero-order chi connectivity index (χ0) is 34.9. The van der Waals surface area contributed by atoms with Crippen LogP contribution in [-0.4, -0.2) is 140 Å². The number of carbonyl (C=O) groups is 4. The number of carboxylic acids is 1. The molecule has 0 bridgehead atoms. The van der Waals surface area contributed by atoms with Crippen LogP contribution < -0.4 is 0 Å². The van der Waals surface area contributed by atoms with Gasteiger partial charge in [-0.15, -0.1) is 0 Å². The van der Waals surface area contributed by atoms with E-state index in [-0.39, 0.29) is 6.42 Å². The van der Waals surface area contributed by atoms with Crippen LogP contribution >= 0.6 is 0 Å². The van der Waals surface area contributed by atoms with Gasteiger partial charge in [0, 0.05) is 20.5 Å². The van der Waals surface area contributed by atoms with E-state index < -0.39 is 126 Å². The molecule has 2 heterocycles. The number of aliphatic hydroxyl groups excluding tert-OH is 3. The average molecular weight is 662 g/mol. The van der Waals surface area contributed by atoms with Gasteiger partial charge in [-0.25, -0.2) is 4.79 Å². The summed E-state index contributed by atoms with van der Waals surface area (Å²) < 4.78 is 33.4. The number of aliphatic hydroxyl groups is 5. The number of Topliss-reactive ketones (excluding diaryl/α,β-unsaturated/α-hetero) is 1. The zero-order valence-electron chi connectivity index (χ0n) is 26.4. The van der Waals surface area contributed by atoms with Crippen LogP contribution in [0.3, 0.4) is 0 Å². The minimum Gasteiger partial charge on any atom is -0.508 e. The molecular formula is C29H43NO16. The van der Waals surface area contributed by atoms with Gasteiger partial charge in [-0.05, 0) is 20.3 Å². The highest BCUT2D eigenvalue weighted by Gasteiger charge is 2.61. The van der Waals surface area contributed by atoms with Crippen LogP contribution in [0.5, 0.6) is 0 Å². The van der Waals surface area contributed by atoms with E-state index in [0.29, 0.717) is 6.42 Å². The number of ether oxygens (including phenoxy) is 6. The molecule has 0 aromatic carbocycles. The fraction of sp³-hybridized carbons (Fsp3) is 0.759. The fourth-order valence-corrected chi connectivity index (χ4v) is 5.87. The summed E-state index contributed by atoms with van der Waals surface area (Å²) >= 11 is 0. The molecule has 260 valence electrons. The van der Waals surface area contributed by atoms with Crippen LogP contribution in [0.25, 0.3) is 0 Å². The molecule has 17 heteroatoms. The van der Waals surface area contributed by atoms with Gasteiger partial charge >= 0.3 is 17.9 Å². The fourth-order valence-electron chi connectivity index (χ4n) is 5.87. The molecule has 0 aromatic rings. The van der Waals surface area contributed by atoms with Crippen LogP contribution in [0.4, 0.5) is 0 Å². The number of aliphatic carboxylic acids is 1. The van der Waals surface area contributed by atoms with Gasteiger partial charge in [0.15, 0.2) is 23.3 Å². The molecule has 2 aliphatic heterocycles. The van der Waals surface area contributed by atoms with Crippen LogP contribution in [0.1, 0.15) is 53.9 Å². The molecule has 8 unspecified atom stereocenters. The summed E-state index contributed by atoms with van der Waals surface area (Å²) in [6, 6.07) is 0. The second-order valence-electron chi connectivity index (χ2n) is 11.9. The quantitative estimate of drug-likeness (QED) is 0.130. The molecule has 0 aromatic heterocycles. The van der Waals surface area contributed by atoms with E-state index in [9.17, 15) is 49.8 Å². The first-order valence-electron chi connectivity index (χ1n) is 14.8. The highest BCUT2D eigenvalue weighted by atomic mass is 16.7. The SMILES string of the molecule is CC[C@H](C)C(=O)O[C@@H](C)C1(O)C(C)OC(OC2C(O)C(COC(C)=O)O[C@H]([C@@]3(O)CC(=O)C(=N)C(C(=O)O)=C3O)C2O)CC1OC. The molecule has 2 fully saturated rings. The second-order valence-corrected chi connectivity index (χ2v) is 11.9. The Labute approximate surface area is 264 Å². The van der Waals surface area contributed by atoms with Crippen LogP contribution in [0.2, 0.25) is 0 Å². The van der Waals surface area contributed by atoms with E-state index >= 15 is 0 Å². The highest BCUT2D eigenvalue weighted by molar-refractivity contribution is 6.51. The maximum atomic E-state index is 12.6. The number of rotatable bonds is 11. The molecule has 17 nitrogen and oxygen atoms in total. The maximum absolute atomic E-state index is 12.6. The molecule has 1 aliphatic carbocycles. The largest absolute Gasteiger partial charge is 0.508 e. The predicted molar refractivity (Wildman–Crippen MR) is 151 cm³/mol. The Bertz CT molecular complexity index is 1240. The average Bonchev–Trinajstić information content (AvgIpc) is 2.98. The van der Waals surface area contributed by atoms with Crippen molar-refractivity contribution in [3.8, 4) is 0 Å². The van der Waals surface area contributed by atoms with Crippen molar-refractivity contribution in [3.63, 3.8) is 0 Å². The van der Waals surface area contributed by atoms with E-state index in [4.69, 9.17) is 33.8 Å². The van der Waals surface area contributed by atoms with Crippen LogP contribution in [0.15, 0.2) is 11.3 Å². The van der Waals surface area contributed by atoms with Crippen molar-refractivity contribution in [3.05, 3.63) is 11.3 Å². The summed E-state index contributed by atoms with van der Waals surface area (Å²) in [5.41, 5.74) is -7.10. The molecule has 46 heavy (non-hydrogen) atoms. The van der Waals surface area contributed by atoms with Crippen molar-refractivity contribution < 1.29 is 78.2 Å². The molecule has 7 N–H and O–H groups in total. The van der Waals surface area contributed by atoms with Gasteiger partial charge in [0.2, 0.25) is 0 Å². The van der Waals surface area contributed by atoms with Gasteiger partial charge in [-0.3, -0.25) is 19.8 Å². The molecule has 3 rings (SSSR count). The van der Waals surface area contributed by atoms with Gasteiger partial charge in [0.05, 0.1) is 24.5 Å². The lowest BCUT2D eigenvalue weighted by molar-refractivity contribution is -0.344. The molecule has 0 amide bonds. The lowest BCUT2D eigenvalue weighted by Gasteiger charge is -2.51. The third-order valence-electron chi connectivity index (χ3n) is 8.91. The van der Waals surface area contributed by atoms with Crippen LogP contribution in [0, 0.1) is 11.3 Å². The Hall–Kier alpha value is -3.03. The molecule has 0 saturated carbocycles. The second kappa shape index (κ2) is 14.4. The molecule has 12 atom stereocenters. The van der Waals surface area contributed by atoms with E-state index in [2.05, 4.69) is 0 Å². The number of esters is 2. The molecule has 0 spiro atoms. The zero-order valence-corrected chi connectivity index (χ0v) is 26.4. The van der Waals surface area contributed by atoms with Gasteiger partial charge in [-0.1, -0.05) is 13.8 Å². The summed E-state index contributed by atoms with van der Waals surface area (Å²) in [5, 5.41) is 73.7. The highest BCUT2D eigenvalue weighted by Crippen LogP contribution is 2.41. The Balaban J connectivity index is 1.95. The molecule has 2 saturated heterocycles. The van der Waals surface area contributed by atoms with E-state index in [0.717, 1.165) is 6.92 Å². The lowest BCUT2D eigenvalue weighted by atomic mass is 9.74. The summed E-state index contributed by atoms with van der Waals surface area (Å²) in [4.78, 5) is 48.3. The Kier molecular flexibility index (Phi) is 11.7. The predicted octanol–water partition coefficient (Wildman–Crippen LogP) is -1.10. The first-order chi connectivity index (χ1) is 21.3. The van der Waals surface area contributed by atoms with E-state index in [1.807, 2.05) is 0 Å². The minimum absolute atomic E-state index is 0.243. The number of carboxylic acid groups (broad SMARTS) is 1. The monoisotopic (exact) mass is 661 g/mol. The van der Waals surface area contributed by atoms with E-state index in [1.54, 1.807) is 13.8 Å². The van der Waals surface area contributed by atoms with E-state index in [1.165, 1.54) is 21.0 Å². The van der Waals surface area contributed by atoms with Crippen molar-refractivity contribution in [2.24, 2.45) is 5.92 Å². The van der Waals surface area contributed by atoms with Crippen molar-refractivity contribution in [1.82, 2.24) is 0 Å². The Morgan fingerprint density at radius 3 is 2.30 bits per heavy atom. The number of carbonyl (C=O) groups excluding carboxylic acids is 3. The third-order valence-corrected chi connectivity index (χ3v) is 8.91.